The molecule has 0 aliphatic rings. The molecule has 0 radical (unpaired) electrons. The number of halogens is 6. The molecule has 0 saturated heterocycles. The fourth-order valence-corrected chi connectivity index (χ4v) is 2.10. The van der Waals surface area contributed by atoms with E-state index in [9.17, 15) is 22.0 Å². The molecule has 0 saturated carbocycles. The van der Waals surface area contributed by atoms with Gasteiger partial charge in [0.2, 0.25) is 0 Å². The minimum absolute atomic E-state index is 0.197. The first-order valence-electron chi connectivity index (χ1n) is 5.21. The van der Waals surface area contributed by atoms with Crippen molar-refractivity contribution in [3.8, 4) is 5.75 Å². The predicted octanol–water partition coefficient (Wildman–Crippen LogP) is 5.07. The third kappa shape index (κ3) is 6.33. The number of hydrogen-bond acceptors (Lipinski definition) is 2. The minimum atomic E-state index is -4.47. The molecule has 0 aliphatic carbocycles. The van der Waals surface area contributed by atoms with E-state index in [1.54, 1.807) is 0 Å². The smallest absolute Gasteiger partial charge is 0.435 e. The number of hydrogen-bond donors (Lipinski definition) is 0. The summed E-state index contributed by atoms with van der Waals surface area (Å²) in [5.41, 5.74) is -4.06. The molecule has 0 atom stereocenters. The number of ether oxygens (including phenoxy) is 1. The highest BCUT2D eigenvalue weighted by Crippen LogP contribution is 2.39. The van der Waals surface area contributed by atoms with Crippen molar-refractivity contribution >= 4 is 23.4 Å². The normalized spacial score (nSPS) is 11.9. The Hall–Kier alpha value is -0.690. The zero-order valence-electron chi connectivity index (χ0n) is 9.52. The summed E-state index contributed by atoms with van der Waals surface area (Å²) in [6.07, 6.45) is 0.884. The van der Waals surface area contributed by atoms with Crippen LogP contribution >= 0.6 is 23.4 Å². The van der Waals surface area contributed by atoms with Crippen LogP contribution in [0.4, 0.5) is 22.0 Å². The van der Waals surface area contributed by atoms with Crippen LogP contribution in [0.5, 0.6) is 5.75 Å². The molecular weight excluding hydrogens is 311 g/mol. The molecule has 0 aliphatic heterocycles. The van der Waals surface area contributed by atoms with E-state index in [-0.39, 0.29) is 22.4 Å². The molecule has 0 heterocycles. The quantitative estimate of drug-likeness (QED) is 0.411. The van der Waals surface area contributed by atoms with E-state index in [0.29, 0.717) is 24.3 Å². The first-order chi connectivity index (χ1) is 8.81. The van der Waals surface area contributed by atoms with Gasteiger partial charge in [-0.2, -0.15) is 22.0 Å². The molecular formula is C11H10ClF5OS. The Morgan fingerprint density at radius 3 is 2.47 bits per heavy atom. The molecule has 0 bridgehead atoms. The molecule has 1 aromatic carbocycles. The predicted molar refractivity (Wildman–Crippen MR) is 64.0 cm³/mol. The van der Waals surface area contributed by atoms with Gasteiger partial charge in [0, 0.05) is 10.8 Å². The molecule has 1 rings (SSSR count). The summed E-state index contributed by atoms with van der Waals surface area (Å²) in [6.45, 7) is -3.08. The van der Waals surface area contributed by atoms with E-state index in [0.717, 1.165) is 6.07 Å². The minimum Gasteiger partial charge on any atom is -0.435 e. The zero-order chi connectivity index (χ0) is 14.5. The summed E-state index contributed by atoms with van der Waals surface area (Å²) in [7, 11) is 0. The van der Waals surface area contributed by atoms with Gasteiger partial charge >= 0.3 is 12.1 Å². The highest BCUT2D eigenvalue weighted by Gasteiger charge is 2.29. The Morgan fingerprint density at radius 2 is 1.95 bits per heavy atom. The summed E-state index contributed by atoms with van der Waals surface area (Å²) in [4.78, 5) is -0.197. The molecule has 0 aromatic heterocycles. The van der Waals surface area contributed by atoms with Crippen molar-refractivity contribution in [1.29, 1.82) is 0 Å². The van der Waals surface area contributed by atoms with Gasteiger partial charge in [0.05, 0.1) is 0 Å². The van der Waals surface area contributed by atoms with Crippen molar-refractivity contribution in [3.05, 3.63) is 23.8 Å². The Bertz CT molecular complexity index is 411. The maximum Gasteiger partial charge on any atom is 0.446 e. The van der Waals surface area contributed by atoms with Crippen molar-refractivity contribution in [3.63, 3.8) is 0 Å². The molecule has 0 unspecified atom stereocenters. The van der Waals surface area contributed by atoms with Crippen LogP contribution in [-0.4, -0.2) is 18.0 Å². The fraction of sp³-hybridized carbons (Fsp3) is 0.455. The Labute approximate surface area is 116 Å². The second-order valence-corrected chi connectivity index (χ2v) is 5.00. The van der Waals surface area contributed by atoms with Gasteiger partial charge in [0.1, 0.15) is 5.75 Å². The third-order valence-electron chi connectivity index (χ3n) is 2.07. The Morgan fingerprint density at radius 1 is 1.26 bits per heavy atom. The number of thioether (sulfide) groups is 1. The van der Waals surface area contributed by atoms with Crippen LogP contribution in [0.15, 0.2) is 23.1 Å². The summed E-state index contributed by atoms with van der Waals surface area (Å²) in [5.74, 6) is 0.0852. The molecule has 0 fully saturated rings. The Balaban J connectivity index is 2.93. The molecule has 8 heteroatoms. The first-order valence-corrected chi connectivity index (χ1v) is 6.56. The van der Waals surface area contributed by atoms with E-state index in [1.165, 1.54) is 12.1 Å². The highest BCUT2D eigenvalue weighted by molar-refractivity contribution is 8.00. The fourth-order valence-electron chi connectivity index (χ4n) is 1.40. The van der Waals surface area contributed by atoms with Crippen LogP contribution in [0.1, 0.15) is 12.0 Å². The van der Waals surface area contributed by atoms with E-state index in [1.807, 2.05) is 0 Å². The highest BCUT2D eigenvalue weighted by atomic mass is 35.5. The van der Waals surface area contributed by atoms with Crippen molar-refractivity contribution in [2.75, 3.05) is 5.88 Å². The average molecular weight is 321 g/mol. The van der Waals surface area contributed by atoms with Crippen molar-refractivity contribution in [2.45, 2.75) is 29.9 Å². The lowest BCUT2D eigenvalue weighted by Crippen LogP contribution is -2.06. The summed E-state index contributed by atoms with van der Waals surface area (Å²) >= 11 is 5.11. The van der Waals surface area contributed by atoms with Gasteiger partial charge in [-0.25, -0.2) is 0 Å². The summed E-state index contributed by atoms with van der Waals surface area (Å²) in [6, 6.07) is 3.53. The van der Waals surface area contributed by atoms with Gasteiger partial charge in [0.25, 0.3) is 0 Å². The SMILES string of the molecule is FC(F)Oc1cc(SC(F)(F)F)ccc1CCCCl. The largest absolute Gasteiger partial charge is 0.446 e. The third-order valence-corrected chi connectivity index (χ3v) is 3.06. The van der Waals surface area contributed by atoms with Gasteiger partial charge in [-0.05, 0) is 42.3 Å². The number of alkyl halides is 6. The van der Waals surface area contributed by atoms with E-state index in [2.05, 4.69) is 4.74 Å². The van der Waals surface area contributed by atoms with Crippen molar-refractivity contribution in [1.82, 2.24) is 0 Å². The summed E-state index contributed by atoms with van der Waals surface area (Å²) < 4.78 is 65.3. The number of rotatable bonds is 6. The second kappa shape index (κ2) is 7.19. The van der Waals surface area contributed by atoms with Gasteiger partial charge in [-0.1, -0.05) is 6.07 Å². The van der Waals surface area contributed by atoms with Crippen LogP contribution in [0.25, 0.3) is 0 Å². The number of aryl methyl sites for hydroxylation is 1. The monoisotopic (exact) mass is 320 g/mol. The molecule has 108 valence electrons. The van der Waals surface area contributed by atoms with E-state index in [4.69, 9.17) is 11.6 Å². The first kappa shape index (κ1) is 16.4. The van der Waals surface area contributed by atoms with Crippen LogP contribution < -0.4 is 4.74 Å². The lowest BCUT2D eigenvalue weighted by molar-refractivity contribution is -0.0505. The van der Waals surface area contributed by atoms with E-state index >= 15 is 0 Å². The zero-order valence-corrected chi connectivity index (χ0v) is 11.1. The van der Waals surface area contributed by atoms with Gasteiger partial charge in [0.15, 0.2) is 0 Å². The maximum absolute atomic E-state index is 12.2. The van der Waals surface area contributed by atoms with Crippen molar-refractivity contribution in [2.24, 2.45) is 0 Å². The molecule has 0 amide bonds. The van der Waals surface area contributed by atoms with Crippen LogP contribution in [0.2, 0.25) is 0 Å². The summed E-state index contributed by atoms with van der Waals surface area (Å²) in [5, 5.41) is 0. The van der Waals surface area contributed by atoms with Crippen molar-refractivity contribution < 1.29 is 26.7 Å². The molecule has 0 spiro atoms. The average Bonchev–Trinajstić information content (AvgIpc) is 2.25. The maximum atomic E-state index is 12.2. The van der Waals surface area contributed by atoms with Crippen LogP contribution in [0.3, 0.4) is 0 Å². The molecule has 19 heavy (non-hydrogen) atoms. The molecule has 1 nitrogen and oxygen atoms in total. The lowest BCUT2D eigenvalue weighted by atomic mass is 10.1. The second-order valence-electron chi connectivity index (χ2n) is 3.49. The topological polar surface area (TPSA) is 9.23 Å². The number of benzene rings is 1. The standard InChI is InChI=1S/C11H10ClF5OS/c12-5-1-2-7-3-4-8(19-11(15,16)17)6-9(7)18-10(13)14/h3-4,6,10H,1-2,5H2. The van der Waals surface area contributed by atoms with Crippen LogP contribution in [0, 0.1) is 0 Å². The molecule has 0 N–H and O–H groups in total. The molecule has 1 aromatic rings. The Kier molecular flexibility index (Phi) is 6.19. The lowest BCUT2D eigenvalue weighted by Gasteiger charge is -2.13. The van der Waals surface area contributed by atoms with Gasteiger partial charge in [-0.15, -0.1) is 11.6 Å². The van der Waals surface area contributed by atoms with Crippen LogP contribution in [-0.2, 0) is 6.42 Å². The van der Waals surface area contributed by atoms with Gasteiger partial charge in [-0.3, -0.25) is 0 Å². The van der Waals surface area contributed by atoms with Gasteiger partial charge < -0.3 is 4.74 Å². The van der Waals surface area contributed by atoms with E-state index < -0.39 is 12.1 Å².